The average molecular weight is 678 g/mol. The number of nitrogens with zero attached hydrogens (tertiary/aromatic N) is 4. The van der Waals surface area contributed by atoms with Crippen LogP contribution in [0.5, 0.6) is 0 Å². The predicted molar refractivity (Wildman–Crippen MR) is 190 cm³/mol. The van der Waals surface area contributed by atoms with E-state index in [0.717, 1.165) is 42.5 Å². The van der Waals surface area contributed by atoms with Crippen molar-refractivity contribution in [3.8, 4) is 0 Å². The standard InChI is InChI=1S/C39H47N7O4/c47-35(42-31-13-3-1-4-14-31)26-45-27-46(32-15-5-2-6-16-32)39(38(45)50)17-20-44(21-18-39)37(49)34(22-28-10-9-19-40-24-28)43-36(48)33-23-29-11-7-8-12-30(29)25-41-33/h2,5-12,15-16,19,24,31,33-34,41H,1,3-4,13-14,17-18,20-23,25-27H2,(H,42,47)(H,43,48)/t33-,34-/m1/s1. The number of aromatic nitrogens is 1. The number of anilines is 1. The highest BCUT2D eigenvalue weighted by atomic mass is 16.2. The van der Waals surface area contributed by atoms with Gasteiger partial charge in [0.25, 0.3) is 5.91 Å². The molecular formula is C39H47N7O4. The molecule has 3 aromatic rings. The molecule has 0 unspecified atom stereocenters. The second-order valence-corrected chi connectivity index (χ2v) is 14.2. The molecule has 3 aliphatic heterocycles. The number of fused-ring (bicyclic) bond motifs is 1. The first-order chi connectivity index (χ1) is 24.4. The second kappa shape index (κ2) is 15.0. The van der Waals surface area contributed by atoms with Gasteiger partial charge in [0.2, 0.25) is 17.7 Å². The highest BCUT2D eigenvalue weighted by Crippen LogP contribution is 2.39. The molecule has 262 valence electrons. The Morgan fingerprint density at radius 3 is 2.40 bits per heavy atom. The van der Waals surface area contributed by atoms with Gasteiger partial charge in [0.15, 0.2) is 0 Å². The number of nitrogens with one attached hydrogen (secondary N) is 3. The van der Waals surface area contributed by atoms with E-state index in [1.54, 1.807) is 22.2 Å². The van der Waals surface area contributed by atoms with Crippen LogP contribution in [0.1, 0.15) is 61.6 Å². The number of amides is 4. The average Bonchev–Trinajstić information content (AvgIpc) is 3.41. The van der Waals surface area contributed by atoms with Gasteiger partial charge in [0, 0.05) is 50.2 Å². The summed E-state index contributed by atoms with van der Waals surface area (Å²) in [5.41, 5.74) is 3.21. The normalized spacial score (nSPS) is 21.1. The van der Waals surface area contributed by atoms with Crippen molar-refractivity contribution in [2.75, 3.05) is 31.2 Å². The van der Waals surface area contributed by atoms with Crippen LogP contribution >= 0.6 is 0 Å². The second-order valence-electron chi connectivity index (χ2n) is 14.2. The fraction of sp³-hybridized carbons (Fsp3) is 0.462. The van der Waals surface area contributed by atoms with E-state index in [0.29, 0.717) is 52.0 Å². The molecule has 1 aromatic heterocycles. The molecule has 3 N–H and O–H groups in total. The number of carbonyl (C=O) groups excluding carboxylic acids is 4. The quantitative estimate of drug-likeness (QED) is 0.318. The number of hydrogen-bond acceptors (Lipinski definition) is 7. The lowest BCUT2D eigenvalue weighted by Gasteiger charge is -2.44. The molecule has 1 saturated carbocycles. The molecule has 2 saturated heterocycles. The number of carbonyl (C=O) groups is 4. The third kappa shape index (κ3) is 7.23. The highest BCUT2D eigenvalue weighted by Gasteiger charge is 2.54. The Bertz CT molecular complexity index is 1670. The summed E-state index contributed by atoms with van der Waals surface area (Å²) >= 11 is 0. The summed E-state index contributed by atoms with van der Waals surface area (Å²) in [7, 11) is 0. The Morgan fingerprint density at radius 1 is 0.920 bits per heavy atom. The molecule has 7 rings (SSSR count). The van der Waals surface area contributed by atoms with Crippen molar-refractivity contribution < 1.29 is 19.2 Å². The third-order valence-corrected chi connectivity index (χ3v) is 11.0. The Labute approximate surface area is 293 Å². The molecule has 0 radical (unpaired) electrons. The number of pyridine rings is 1. The Hall–Kier alpha value is -4.77. The van der Waals surface area contributed by atoms with Gasteiger partial charge in [-0.2, -0.15) is 0 Å². The van der Waals surface area contributed by atoms with E-state index < -0.39 is 17.6 Å². The van der Waals surface area contributed by atoms with Crippen LogP contribution in [-0.4, -0.2) is 88.4 Å². The van der Waals surface area contributed by atoms with Gasteiger partial charge in [-0.15, -0.1) is 0 Å². The van der Waals surface area contributed by atoms with Gasteiger partial charge in [-0.25, -0.2) is 0 Å². The van der Waals surface area contributed by atoms with Gasteiger partial charge in [-0.3, -0.25) is 24.2 Å². The van der Waals surface area contributed by atoms with Crippen molar-refractivity contribution in [1.82, 2.24) is 30.7 Å². The van der Waals surface area contributed by atoms with E-state index in [9.17, 15) is 19.2 Å². The van der Waals surface area contributed by atoms with Crippen LogP contribution < -0.4 is 20.9 Å². The van der Waals surface area contributed by atoms with E-state index in [2.05, 4.69) is 31.9 Å². The summed E-state index contributed by atoms with van der Waals surface area (Å²) in [5, 5.41) is 9.58. The largest absolute Gasteiger partial charge is 0.352 e. The maximum atomic E-state index is 14.3. The monoisotopic (exact) mass is 677 g/mol. The molecule has 2 aromatic carbocycles. The maximum Gasteiger partial charge on any atom is 0.250 e. The van der Waals surface area contributed by atoms with Crippen LogP contribution in [0.25, 0.3) is 0 Å². The van der Waals surface area contributed by atoms with Gasteiger partial charge in [-0.1, -0.05) is 67.8 Å². The summed E-state index contributed by atoms with van der Waals surface area (Å²) in [6.07, 6.45) is 10.5. The van der Waals surface area contributed by atoms with Crippen LogP contribution in [0.3, 0.4) is 0 Å². The number of piperidine rings is 1. The first kappa shape index (κ1) is 33.7. The molecule has 2 atom stereocenters. The van der Waals surface area contributed by atoms with Crippen molar-refractivity contribution in [2.24, 2.45) is 0 Å². The lowest BCUT2D eigenvalue weighted by atomic mass is 9.85. The lowest BCUT2D eigenvalue weighted by molar-refractivity contribution is -0.141. The molecule has 4 aliphatic rings. The van der Waals surface area contributed by atoms with Crippen molar-refractivity contribution in [1.29, 1.82) is 0 Å². The van der Waals surface area contributed by atoms with E-state index >= 15 is 0 Å². The zero-order valence-corrected chi connectivity index (χ0v) is 28.6. The minimum Gasteiger partial charge on any atom is -0.352 e. The molecular weight excluding hydrogens is 630 g/mol. The third-order valence-electron chi connectivity index (χ3n) is 11.0. The number of benzene rings is 2. The Morgan fingerprint density at radius 2 is 1.66 bits per heavy atom. The van der Waals surface area contributed by atoms with Crippen LogP contribution in [0.15, 0.2) is 79.1 Å². The number of likely N-dealkylation sites (tertiary alicyclic amines) is 1. The molecule has 1 spiro atoms. The first-order valence-electron chi connectivity index (χ1n) is 18.1. The molecule has 11 nitrogen and oxygen atoms in total. The Kier molecular flexibility index (Phi) is 10.1. The predicted octanol–water partition coefficient (Wildman–Crippen LogP) is 2.94. The molecule has 0 bridgehead atoms. The Balaban J connectivity index is 1.05. The number of hydrogen-bond donors (Lipinski definition) is 3. The van der Waals surface area contributed by atoms with Crippen LogP contribution in [0.4, 0.5) is 5.69 Å². The zero-order chi connectivity index (χ0) is 34.5. The molecule has 1 aliphatic carbocycles. The van der Waals surface area contributed by atoms with Gasteiger partial charge < -0.3 is 30.7 Å². The van der Waals surface area contributed by atoms with Crippen molar-refractivity contribution in [2.45, 2.75) is 88.0 Å². The summed E-state index contributed by atoms with van der Waals surface area (Å²) < 4.78 is 0. The van der Waals surface area contributed by atoms with Gasteiger partial charge in [-0.05, 0) is 67.0 Å². The number of rotatable bonds is 9. The fourth-order valence-corrected chi connectivity index (χ4v) is 8.20. The highest BCUT2D eigenvalue weighted by molar-refractivity contribution is 5.97. The minimum absolute atomic E-state index is 0.0158. The molecule has 4 amide bonds. The summed E-state index contributed by atoms with van der Waals surface area (Å²) in [5.74, 6) is -0.573. The lowest BCUT2D eigenvalue weighted by Crippen LogP contribution is -2.60. The summed E-state index contributed by atoms with van der Waals surface area (Å²) in [6, 6.07) is 20.6. The summed E-state index contributed by atoms with van der Waals surface area (Å²) in [4.78, 5) is 65.1. The van der Waals surface area contributed by atoms with E-state index in [1.807, 2.05) is 60.7 Å². The maximum absolute atomic E-state index is 14.3. The SMILES string of the molecule is O=C(CN1CN(c2ccccc2)C2(CCN(C(=O)[C@@H](Cc3cccnc3)NC(=O)[C@H]3Cc4ccccc4CN3)CC2)C1=O)NC1CCCCC1. The molecule has 50 heavy (non-hydrogen) atoms. The minimum atomic E-state index is -0.870. The van der Waals surface area contributed by atoms with Gasteiger partial charge >= 0.3 is 0 Å². The van der Waals surface area contributed by atoms with Gasteiger partial charge in [0.05, 0.1) is 12.7 Å². The van der Waals surface area contributed by atoms with Crippen molar-refractivity contribution in [3.05, 3.63) is 95.8 Å². The first-order valence-corrected chi connectivity index (χ1v) is 18.1. The van der Waals surface area contributed by atoms with Gasteiger partial charge in [0.1, 0.15) is 18.1 Å². The zero-order valence-electron chi connectivity index (χ0n) is 28.6. The van der Waals surface area contributed by atoms with E-state index in [4.69, 9.17) is 0 Å². The molecule has 3 fully saturated rings. The smallest absolute Gasteiger partial charge is 0.250 e. The number of para-hydroxylation sites is 1. The summed E-state index contributed by atoms with van der Waals surface area (Å²) in [6.45, 7) is 1.62. The fourth-order valence-electron chi connectivity index (χ4n) is 8.20. The van der Waals surface area contributed by atoms with Crippen molar-refractivity contribution in [3.63, 3.8) is 0 Å². The van der Waals surface area contributed by atoms with Crippen LogP contribution in [-0.2, 0) is 38.6 Å². The van der Waals surface area contributed by atoms with E-state index in [-0.39, 0.29) is 36.2 Å². The topological polar surface area (TPSA) is 127 Å². The molecule has 11 heteroatoms. The van der Waals surface area contributed by atoms with E-state index in [1.165, 1.54) is 12.0 Å². The van der Waals surface area contributed by atoms with Crippen LogP contribution in [0, 0.1) is 0 Å². The van der Waals surface area contributed by atoms with Crippen molar-refractivity contribution >= 4 is 29.3 Å². The van der Waals surface area contributed by atoms with Crippen LogP contribution in [0.2, 0.25) is 0 Å². The molecule has 4 heterocycles.